The summed E-state index contributed by atoms with van der Waals surface area (Å²) in [6, 6.07) is 28.8. The van der Waals surface area contributed by atoms with E-state index in [4.69, 9.17) is 43.2 Å². The SMILES string of the molecule is CCCCCNc1nc(N)nc2ccn(Cc3ccc(CN4CCN(CCOP(=O)(O)OCc5ccc(O[C@@H]6O[C@H](C)[C@@H](OC(C)=O)[C@H](OC(C)=O)[C@H]6OC(C)=O)c(NC(=O)CCNC(=O)OCC6c7ccccc7-c7ccccc76)c5)CC4)cc3C)c12. The molecule has 2 saturated heterocycles. The molecule has 88 heavy (non-hydrogen) atoms. The van der Waals surface area contributed by atoms with Gasteiger partial charge in [0, 0.05) is 98.2 Å². The number of fused-ring (bicyclic) bond motifs is 4. The first-order chi connectivity index (χ1) is 42.3. The van der Waals surface area contributed by atoms with Crippen molar-refractivity contribution in [2.45, 2.75) is 124 Å². The van der Waals surface area contributed by atoms with Gasteiger partial charge in [0.15, 0.2) is 18.0 Å². The molecule has 2 aliphatic heterocycles. The Bertz CT molecular complexity index is 3460. The molecule has 2 fully saturated rings. The molecule has 1 aliphatic carbocycles. The van der Waals surface area contributed by atoms with Gasteiger partial charge in [-0.1, -0.05) is 92.6 Å². The van der Waals surface area contributed by atoms with Gasteiger partial charge in [-0.3, -0.25) is 38.0 Å². The highest BCUT2D eigenvalue weighted by molar-refractivity contribution is 7.47. The maximum absolute atomic E-state index is 13.7. The maximum atomic E-state index is 13.7. The normalized spacial score (nSPS) is 19.2. The number of amides is 2. The van der Waals surface area contributed by atoms with E-state index >= 15 is 0 Å². The highest BCUT2D eigenvalue weighted by Crippen LogP contribution is 2.46. The molecule has 0 saturated carbocycles. The van der Waals surface area contributed by atoms with Crippen LogP contribution in [0.1, 0.15) is 99.6 Å². The number of nitrogen functional groups attached to an aromatic ring is 1. The van der Waals surface area contributed by atoms with Crippen LogP contribution in [0.3, 0.4) is 0 Å². The summed E-state index contributed by atoms with van der Waals surface area (Å²) in [5, 5.41) is 8.86. The van der Waals surface area contributed by atoms with E-state index < -0.39 is 75.0 Å². The van der Waals surface area contributed by atoms with Crippen molar-refractivity contribution < 1.29 is 70.9 Å². The third kappa shape index (κ3) is 17.0. The second-order valence-corrected chi connectivity index (χ2v) is 23.6. The number of nitrogens with two attached hydrogens (primary N) is 1. The number of nitrogens with zero attached hydrogens (tertiary/aromatic N) is 5. The van der Waals surface area contributed by atoms with E-state index in [9.17, 15) is 33.4 Å². The van der Waals surface area contributed by atoms with E-state index in [-0.39, 0.29) is 49.5 Å². The number of aryl methyl sites for hydroxylation is 1. The molecule has 6 atom stereocenters. The molecule has 3 aliphatic rings. The zero-order valence-electron chi connectivity index (χ0n) is 50.4. The van der Waals surface area contributed by atoms with Crippen LogP contribution in [0.15, 0.2) is 97.2 Å². The summed E-state index contributed by atoms with van der Waals surface area (Å²) in [5.74, 6) is -2.10. The first-order valence-electron chi connectivity index (χ1n) is 29.7. The Kier molecular flexibility index (Phi) is 21.9. The van der Waals surface area contributed by atoms with Crippen LogP contribution in [0.4, 0.5) is 22.2 Å². The molecular weight excluding hydrogens is 1150 g/mol. The summed E-state index contributed by atoms with van der Waals surface area (Å²) >= 11 is 0. The first kappa shape index (κ1) is 64.5. The number of anilines is 3. The molecule has 2 amide bonds. The van der Waals surface area contributed by atoms with E-state index in [1.165, 1.54) is 34.9 Å². The predicted octanol–water partition coefficient (Wildman–Crippen LogP) is 8.21. The molecule has 1 unspecified atom stereocenters. The van der Waals surface area contributed by atoms with Crippen molar-refractivity contribution in [1.29, 1.82) is 0 Å². The van der Waals surface area contributed by atoms with Crippen molar-refractivity contribution in [3.63, 3.8) is 0 Å². The minimum absolute atomic E-state index is 0.0140. The minimum atomic E-state index is -4.62. The number of rotatable bonds is 27. The van der Waals surface area contributed by atoms with Gasteiger partial charge in [-0.2, -0.15) is 4.98 Å². The summed E-state index contributed by atoms with van der Waals surface area (Å²) in [6.45, 7) is 14.3. The summed E-state index contributed by atoms with van der Waals surface area (Å²) in [6.07, 6.45) is -2.18. The molecule has 24 nitrogen and oxygen atoms in total. The van der Waals surface area contributed by atoms with Crippen molar-refractivity contribution in [3.05, 3.63) is 131 Å². The van der Waals surface area contributed by atoms with E-state index in [1.807, 2.05) is 60.8 Å². The van der Waals surface area contributed by atoms with Gasteiger partial charge < -0.3 is 59.6 Å². The van der Waals surface area contributed by atoms with Crippen LogP contribution in [0, 0.1) is 6.92 Å². The Morgan fingerprint density at radius 2 is 1.44 bits per heavy atom. The predicted molar refractivity (Wildman–Crippen MR) is 327 cm³/mol. The fourth-order valence-corrected chi connectivity index (χ4v) is 12.0. The Hall–Kier alpha value is -7.96. The molecule has 25 heteroatoms. The van der Waals surface area contributed by atoms with Crippen LogP contribution in [0.25, 0.3) is 22.2 Å². The van der Waals surface area contributed by atoms with Gasteiger partial charge in [0.25, 0.3) is 0 Å². The van der Waals surface area contributed by atoms with E-state index in [1.54, 1.807) is 6.92 Å². The number of ether oxygens (including phenoxy) is 6. The number of hydrogen-bond acceptors (Lipinski definition) is 20. The molecule has 6 N–H and O–H groups in total. The van der Waals surface area contributed by atoms with Crippen LogP contribution >= 0.6 is 7.82 Å². The molecule has 2 aromatic heterocycles. The number of phosphoric acid groups is 1. The number of piperazine rings is 1. The number of unbranched alkanes of at least 4 members (excludes halogenated alkanes) is 2. The lowest BCUT2D eigenvalue weighted by atomic mass is 9.98. The number of nitrogens with one attached hydrogen (secondary N) is 3. The van der Waals surface area contributed by atoms with Gasteiger partial charge in [0.05, 0.1) is 30.5 Å². The smallest absolute Gasteiger partial charge is 0.459 e. The fourth-order valence-electron chi connectivity index (χ4n) is 11.3. The van der Waals surface area contributed by atoms with Crippen LogP contribution in [-0.4, -0.2) is 149 Å². The average Bonchev–Trinajstić information content (AvgIpc) is 2.00. The standard InChI is InChI=1S/C63H78N9O15P/c1-7-8-13-24-65-60-56-52(68-62(64)69-60)23-26-72(56)36-46-20-18-44(33-39(46)2)35-71-29-27-70(28-30-71)31-32-81-88(78,79)82-37-45-19-21-54(87-61-59(86-43(6)75)58(85-42(5)74)57(40(3)83-61)84-41(4)73)53(34-45)67-55(76)22-25-66-63(77)80-38-51-49-16-11-9-14-47(49)48-15-10-12-17-50(48)51/h9-12,14-21,23,26,33-34,40,51,57-59,61H,7-8,13,22,24-25,27-32,35-38H2,1-6H3,(H,66,77)(H,67,76)(H,78,79)(H3,64,65,68,69)/t40-,57-,58+,59-,61+/m1/s1. The molecule has 470 valence electrons. The number of carbonyl (C=O) groups excluding carboxylic acids is 5. The van der Waals surface area contributed by atoms with Crippen molar-refractivity contribution in [3.8, 4) is 16.9 Å². The molecule has 4 heterocycles. The lowest BCUT2D eigenvalue weighted by Gasteiger charge is -2.43. The van der Waals surface area contributed by atoms with Crippen molar-refractivity contribution >= 4 is 66.2 Å². The van der Waals surface area contributed by atoms with Gasteiger partial charge in [-0.05, 0) is 83.0 Å². The number of aromatic nitrogens is 3. The number of esters is 3. The zero-order chi connectivity index (χ0) is 62.5. The second-order valence-electron chi connectivity index (χ2n) is 22.1. The highest BCUT2D eigenvalue weighted by Gasteiger charge is 2.52. The second kappa shape index (κ2) is 29.8. The van der Waals surface area contributed by atoms with Gasteiger partial charge in [-0.25, -0.2) is 14.3 Å². The monoisotopic (exact) mass is 1230 g/mol. The third-order valence-electron chi connectivity index (χ3n) is 15.5. The highest BCUT2D eigenvalue weighted by atomic mass is 31.2. The molecule has 9 rings (SSSR count). The van der Waals surface area contributed by atoms with Crippen LogP contribution in [0.2, 0.25) is 0 Å². The Morgan fingerprint density at radius 3 is 2.14 bits per heavy atom. The summed E-state index contributed by atoms with van der Waals surface area (Å²) < 4.78 is 61.0. The summed E-state index contributed by atoms with van der Waals surface area (Å²) in [5.41, 5.74) is 15.9. The quantitative estimate of drug-likeness (QED) is 0.0140. The molecule has 6 aromatic rings. The van der Waals surface area contributed by atoms with Crippen LogP contribution in [0.5, 0.6) is 5.75 Å². The maximum Gasteiger partial charge on any atom is 0.472 e. The van der Waals surface area contributed by atoms with Crippen molar-refractivity contribution in [2.24, 2.45) is 0 Å². The van der Waals surface area contributed by atoms with Gasteiger partial charge in [-0.15, -0.1) is 0 Å². The van der Waals surface area contributed by atoms with Crippen LogP contribution in [-0.2, 0) is 76.2 Å². The number of hydrogen-bond donors (Lipinski definition) is 5. The molecule has 0 spiro atoms. The average molecular weight is 1230 g/mol. The fraction of sp³-hybridized carbons (Fsp3) is 0.444. The minimum Gasteiger partial charge on any atom is -0.459 e. The third-order valence-corrected chi connectivity index (χ3v) is 16.5. The van der Waals surface area contributed by atoms with E-state index in [2.05, 4.69) is 72.3 Å². The van der Waals surface area contributed by atoms with Crippen LogP contribution < -0.4 is 26.4 Å². The Morgan fingerprint density at radius 1 is 0.773 bits per heavy atom. The largest absolute Gasteiger partial charge is 0.472 e. The first-order valence-corrected chi connectivity index (χ1v) is 31.2. The number of benzene rings is 4. The molecule has 4 aromatic carbocycles. The molecular formula is C63H78N9O15P. The molecule has 0 radical (unpaired) electrons. The van der Waals surface area contributed by atoms with Crippen molar-refractivity contribution in [2.75, 3.05) is 75.4 Å². The van der Waals surface area contributed by atoms with Gasteiger partial charge >= 0.3 is 31.8 Å². The number of carbonyl (C=O) groups is 5. The summed E-state index contributed by atoms with van der Waals surface area (Å²) in [7, 11) is -4.62. The topological polar surface area (TPSA) is 296 Å². The number of alkyl carbamates (subject to hydrolysis) is 1. The van der Waals surface area contributed by atoms with Gasteiger partial charge in [0.2, 0.25) is 24.2 Å². The van der Waals surface area contributed by atoms with E-state index in [0.29, 0.717) is 18.7 Å². The Balaban J connectivity index is 0.783. The van der Waals surface area contributed by atoms with Crippen molar-refractivity contribution in [1.82, 2.24) is 29.7 Å². The number of phosphoric ester groups is 1. The lowest BCUT2D eigenvalue weighted by molar-refractivity contribution is -0.280. The Labute approximate surface area is 511 Å². The lowest BCUT2D eigenvalue weighted by Crippen LogP contribution is -2.62. The van der Waals surface area contributed by atoms with E-state index in [0.717, 1.165) is 118 Å². The zero-order valence-corrected chi connectivity index (χ0v) is 51.3. The summed E-state index contributed by atoms with van der Waals surface area (Å²) in [4.78, 5) is 88.1. The van der Waals surface area contributed by atoms with Gasteiger partial charge in [0.1, 0.15) is 17.9 Å². The molecule has 0 bridgehead atoms.